The number of aromatic nitrogens is 1. The minimum absolute atomic E-state index is 0.676. The molecule has 2 rings (SSSR count). The summed E-state index contributed by atoms with van der Waals surface area (Å²) in [6, 6.07) is 7.95. The van der Waals surface area contributed by atoms with Crippen LogP contribution in [0.4, 0.5) is 0 Å². The first kappa shape index (κ1) is 10.6. The van der Waals surface area contributed by atoms with Gasteiger partial charge in [-0.2, -0.15) is 0 Å². The van der Waals surface area contributed by atoms with E-state index >= 15 is 0 Å². The maximum Gasteiger partial charge on any atom is 0.213 e. The predicted molar refractivity (Wildman–Crippen MR) is 65.5 cm³/mol. The van der Waals surface area contributed by atoms with E-state index in [0.717, 1.165) is 10.9 Å². The molecule has 2 heterocycles. The molecule has 2 aromatic rings. The Morgan fingerprint density at radius 3 is 2.93 bits per heavy atom. The van der Waals surface area contributed by atoms with E-state index in [0.29, 0.717) is 12.5 Å². The third-order valence-corrected chi connectivity index (χ3v) is 3.28. The number of hydrogen-bond acceptors (Lipinski definition) is 3. The van der Waals surface area contributed by atoms with Gasteiger partial charge in [0, 0.05) is 28.0 Å². The fourth-order valence-corrected chi connectivity index (χ4v) is 2.08. The van der Waals surface area contributed by atoms with Gasteiger partial charge in [-0.15, -0.1) is 11.3 Å². The molecule has 2 nitrogen and oxygen atoms in total. The molecule has 0 bridgehead atoms. The molecule has 0 aliphatic rings. The molecule has 4 heteroatoms. The van der Waals surface area contributed by atoms with Crippen molar-refractivity contribution in [2.45, 2.75) is 6.42 Å². The van der Waals surface area contributed by atoms with Crippen molar-refractivity contribution in [3.63, 3.8) is 0 Å². The van der Waals surface area contributed by atoms with E-state index in [1.165, 1.54) is 4.88 Å². The summed E-state index contributed by atoms with van der Waals surface area (Å²) in [6.07, 6.45) is 2.68. The number of nitrogens with zero attached hydrogens (tertiary/aromatic N) is 1. The third kappa shape index (κ3) is 3.32. The van der Waals surface area contributed by atoms with Gasteiger partial charge in [0.2, 0.25) is 5.88 Å². The summed E-state index contributed by atoms with van der Waals surface area (Å²) in [7, 11) is 0. The summed E-state index contributed by atoms with van der Waals surface area (Å²) in [4.78, 5) is 5.47. The van der Waals surface area contributed by atoms with Gasteiger partial charge in [-0.1, -0.05) is 6.07 Å². The number of pyridine rings is 1. The SMILES string of the molecule is Brc1ccc(OCCc2cccs2)nc1. The van der Waals surface area contributed by atoms with Gasteiger partial charge in [0.05, 0.1) is 6.61 Å². The number of halogens is 1. The first-order valence-electron chi connectivity index (χ1n) is 4.61. The molecule has 0 N–H and O–H groups in total. The van der Waals surface area contributed by atoms with E-state index in [1.54, 1.807) is 17.5 Å². The Morgan fingerprint density at radius 2 is 2.27 bits per heavy atom. The van der Waals surface area contributed by atoms with Crippen LogP contribution in [-0.4, -0.2) is 11.6 Å². The Balaban J connectivity index is 1.81. The Morgan fingerprint density at radius 1 is 1.33 bits per heavy atom. The van der Waals surface area contributed by atoms with Gasteiger partial charge in [0.25, 0.3) is 0 Å². The molecule has 0 unspecified atom stereocenters. The lowest BCUT2D eigenvalue weighted by atomic mass is 10.4. The van der Waals surface area contributed by atoms with Crippen LogP contribution >= 0.6 is 27.3 Å². The number of rotatable bonds is 4. The van der Waals surface area contributed by atoms with Crippen molar-refractivity contribution < 1.29 is 4.74 Å². The quantitative estimate of drug-likeness (QED) is 0.857. The fourth-order valence-electron chi connectivity index (χ4n) is 1.16. The predicted octanol–water partition coefficient (Wildman–Crippen LogP) is 3.53. The molecule has 0 saturated heterocycles. The normalized spacial score (nSPS) is 10.2. The van der Waals surface area contributed by atoms with Gasteiger partial charge in [-0.25, -0.2) is 4.98 Å². The Bertz CT molecular complexity index is 399. The zero-order chi connectivity index (χ0) is 10.5. The van der Waals surface area contributed by atoms with Crippen LogP contribution in [0.1, 0.15) is 4.88 Å². The molecular formula is C11H10BrNOS. The summed E-state index contributed by atoms with van der Waals surface area (Å²) >= 11 is 5.08. The van der Waals surface area contributed by atoms with Crippen molar-refractivity contribution in [1.29, 1.82) is 0 Å². The van der Waals surface area contributed by atoms with Crippen LogP contribution in [-0.2, 0) is 6.42 Å². The number of thiophene rings is 1. The molecule has 0 amide bonds. The zero-order valence-corrected chi connectivity index (χ0v) is 10.4. The van der Waals surface area contributed by atoms with Gasteiger partial charge < -0.3 is 4.74 Å². The highest BCUT2D eigenvalue weighted by molar-refractivity contribution is 9.10. The minimum Gasteiger partial charge on any atom is -0.477 e. The maximum atomic E-state index is 5.51. The van der Waals surface area contributed by atoms with Crippen LogP contribution in [0, 0.1) is 0 Å². The second-order valence-electron chi connectivity index (χ2n) is 2.99. The first-order chi connectivity index (χ1) is 7.34. The molecule has 0 atom stereocenters. The Kier molecular flexibility index (Phi) is 3.75. The molecule has 0 spiro atoms. The van der Waals surface area contributed by atoms with Crippen molar-refractivity contribution in [2.75, 3.05) is 6.61 Å². The summed E-state index contributed by atoms with van der Waals surface area (Å²) in [6.45, 7) is 0.676. The summed E-state index contributed by atoms with van der Waals surface area (Å²) < 4.78 is 6.47. The molecule has 0 aromatic carbocycles. The molecular weight excluding hydrogens is 274 g/mol. The molecule has 0 fully saturated rings. The first-order valence-corrected chi connectivity index (χ1v) is 6.28. The van der Waals surface area contributed by atoms with Gasteiger partial charge >= 0.3 is 0 Å². The second kappa shape index (κ2) is 5.28. The van der Waals surface area contributed by atoms with Gasteiger partial charge in [-0.3, -0.25) is 0 Å². The van der Waals surface area contributed by atoms with Gasteiger partial charge in [0.1, 0.15) is 0 Å². The van der Waals surface area contributed by atoms with Gasteiger partial charge in [0.15, 0.2) is 0 Å². The molecule has 0 aliphatic heterocycles. The van der Waals surface area contributed by atoms with Crippen molar-refractivity contribution in [1.82, 2.24) is 4.98 Å². The molecule has 0 saturated carbocycles. The second-order valence-corrected chi connectivity index (χ2v) is 4.94. The van der Waals surface area contributed by atoms with Crippen LogP contribution in [0.15, 0.2) is 40.3 Å². The van der Waals surface area contributed by atoms with Gasteiger partial charge in [-0.05, 0) is 33.4 Å². The zero-order valence-electron chi connectivity index (χ0n) is 8.02. The third-order valence-electron chi connectivity index (χ3n) is 1.88. The fraction of sp³-hybridized carbons (Fsp3) is 0.182. The van der Waals surface area contributed by atoms with E-state index in [2.05, 4.69) is 38.4 Å². The summed E-state index contributed by atoms with van der Waals surface area (Å²) in [5.74, 6) is 0.676. The molecule has 2 aromatic heterocycles. The minimum atomic E-state index is 0.676. The lowest BCUT2D eigenvalue weighted by Crippen LogP contribution is -2.01. The largest absolute Gasteiger partial charge is 0.477 e. The lowest BCUT2D eigenvalue weighted by molar-refractivity contribution is 0.310. The average molecular weight is 284 g/mol. The summed E-state index contributed by atoms with van der Waals surface area (Å²) in [5.41, 5.74) is 0. The van der Waals surface area contributed by atoms with E-state index in [-0.39, 0.29) is 0 Å². The van der Waals surface area contributed by atoms with E-state index in [4.69, 9.17) is 4.74 Å². The van der Waals surface area contributed by atoms with Crippen molar-refractivity contribution in [3.05, 3.63) is 45.2 Å². The highest BCUT2D eigenvalue weighted by atomic mass is 79.9. The lowest BCUT2D eigenvalue weighted by Gasteiger charge is -2.03. The van der Waals surface area contributed by atoms with Crippen LogP contribution in [0.25, 0.3) is 0 Å². The van der Waals surface area contributed by atoms with Crippen molar-refractivity contribution in [3.8, 4) is 5.88 Å². The average Bonchev–Trinajstić information content (AvgIpc) is 2.74. The number of hydrogen-bond donors (Lipinski definition) is 0. The maximum absolute atomic E-state index is 5.51. The van der Waals surface area contributed by atoms with E-state index < -0.39 is 0 Å². The molecule has 0 radical (unpaired) electrons. The van der Waals surface area contributed by atoms with E-state index in [1.807, 2.05) is 12.1 Å². The van der Waals surface area contributed by atoms with E-state index in [9.17, 15) is 0 Å². The monoisotopic (exact) mass is 283 g/mol. The van der Waals surface area contributed by atoms with Crippen LogP contribution in [0.2, 0.25) is 0 Å². The van der Waals surface area contributed by atoms with Crippen LogP contribution in [0.5, 0.6) is 5.88 Å². The molecule has 78 valence electrons. The molecule has 0 aliphatic carbocycles. The van der Waals surface area contributed by atoms with Crippen LogP contribution in [0.3, 0.4) is 0 Å². The smallest absolute Gasteiger partial charge is 0.213 e. The molecule has 15 heavy (non-hydrogen) atoms. The summed E-state index contributed by atoms with van der Waals surface area (Å²) in [5, 5.41) is 2.08. The number of ether oxygens (including phenoxy) is 1. The Hall–Kier alpha value is -0.870. The standard InChI is InChI=1S/C11H10BrNOS/c12-9-3-4-11(13-8-9)14-6-5-10-2-1-7-15-10/h1-4,7-8H,5-6H2. The highest BCUT2D eigenvalue weighted by Gasteiger charge is 1.97. The highest BCUT2D eigenvalue weighted by Crippen LogP contribution is 2.13. The van der Waals surface area contributed by atoms with Crippen LogP contribution < -0.4 is 4.74 Å². The van der Waals surface area contributed by atoms with Crippen molar-refractivity contribution in [2.24, 2.45) is 0 Å². The van der Waals surface area contributed by atoms with Crippen molar-refractivity contribution >= 4 is 27.3 Å². The Labute approximate surface area is 101 Å². The topological polar surface area (TPSA) is 22.1 Å².